The Morgan fingerprint density at radius 3 is 2.06 bits per heavy atom. The van der Waals surface area contributed by atoms with E-state index in [0.717, 1.165) is 32.1 Å². The Kier molecular flexibility index (Phi) is 8.54. The summed E-state index contributed by atoms with van der Waals surface area (Å²) in [6.07, 6.45) is 8.84. The van der Waals surface area contributed by atoms with Crippen molar-refractivity contribution < 1.29 is 9.90 Å². The van der Waals surface area contributed by atoms with Crippen LogP contribution in [0.15, 0.2) is 0 Å². The Balaban J connectivity index is 4.13. The van der Waals surface area contributed by atoms with E-state index in [1.807, 2.05) is 6.92 Å². The minimum absolute atomic E-state index is 0.0254. The summed E-state index contributed by atoms with van der Waals surface area (Å²) in [7, 11) is 0. The number of carbonyl (C=O) groups excluding carboxylic acids is 1. The maximum Gasteiger partial charge on any atom is 0.164 e. The van der Waals surface area contributed by atoms with Crippen LogP contribution in [-0.2, 0) is 4.79 Å². The van der Waals surface area contributed by atoms with Gasteiger partial charge < -0.3 is 5.11 Å². The van der Waals surface area contributed by atoms with Crippen molar-refractivity contribution in [1.82, 2.24) is 0 Å². The number of hydrogen-bond donors (Lipinski definition) is 1. The second-order valence-corrected chi connectivity index (χ2v) is 5.06. The smallest absolute Gasteiger partial charge is 0.164 e. The van der Waals surface area contributed by atoms with Gasteiger partial charge in [-0.15, -0.1) is 0 Å². The third kappa shape index (κ3) is 5.64. The molecular weight excluding hydrogens is 200 g/mol. The first-order chi connectivity index (χ1) is 7.60. The summed E-state index contributed by atoms with van der Waals surface area (Å²) in [5, 5.41) is 9.02. The fourth-order valence-corrected chi connectivity index (χ4v) is 2.10. The molecule has 1 atom stereocenters. The van der Waals surface area contributed by atoms with Crippen molar-refractivity contribution in [3.8, 4) is 0 Å². The van der Waals surface area contributed by atoms with Gasteiger partial charge in [0.1, 0.15) is 6.61 Å². The maximum atomic E-state index is 11.8. The lowest BCUT2D eigenvalue weighted by atomic mass is 9.76. The Hall–Kier alpha value is -0.370. The monoisotopic (exact) mass is 228 g/mol. The third-order valence-corrected chi connectivity index (χ3v) is 3.48. The van der Waals surface area contributed by atoms with Gasteiger partial charge in [-0.3, -0.25) is 4.79 Å². The van der Waals surface area contributed by atoms with Crippen molar-refractivity contribution in [1.29, 1.82) is 0 Å². The van der Waals surface area contributed by atoms with E-state index in [4.69, 9.17) is 5.11 Å². The van der Waals surface area contributed by atoms with Crippen LogP contribution in [0.25, 0.3) is 0 Å². The van der Waals surface area contributed by atoms with Crippen LogP contribution in [0.4, 0.5) is 0 Å². The van der Waals surface area contributed by atoms with Gasteiger partial charge in [-0.1, -0.05) is 59.3 Å². The second kappa shape index (κ2) is 8.74. The molecule has 16 heavy (non-hydrogen) atoms. The topological polar surface area (TPSA) is 37.3 Å². The summed E-state index contributed by atoms with van der Waals surface area (Å²) in [5.74, 6) is 0.0254. The minimum Gasteiger partial charge on any atom is -0.389 e. The molecule has 1 unspecified atom stereocenters. The molecule has 0 saturated carbocycles. The van der Waals surface area contributed by atoms with Gasteiger partial charge in [-0.2, -0.15) is 0 Å². The zero-order valence-corrected chi connectivity index (χ0v) is 11.2. The van der Waals surface area contributed by atoms with Crippen molar-refractivity contribution in [2.75, 3.05) is 6.61 Å². The molecule has 0 aliphatic rings. The van der Waals surface area contributed by atoms with Crippen molar-refractivity contribution >= 4 is 5.78 Å². The number of ketones is 1. The molecular formula is C14H28O2. The van der Waals surface area contributed by atoms with Crippen LogP contribution in [-0.4, -0.2) is 17.5 Å². The number of unbranched alkanes of at least 4 members (excludes halogenated alkanes) is 4. The van der Waals surface area contributed by atoms with E-state index in [-0.39, 0.29) is 17.8 Å². The van der Waals surface area contributed by atoms with E-state index >= 15 is 0 Å². The summed E-state index contributed by atoms with van der Waals surface area (Å²) in [6.45, 7) is 6.05. The summed E-state index contributed by atoms with van der Waals surface area (Å²) >= 11 is 0. The number of Topliss-reactive ketones (excluding diaryl/α,β-unsaturated/α-hetero) is 1. The van der Waals surface area contributed by atoms with Crippen LogP contribution in [0.3, 0.4) is 0 Å². The van der Waals surface area contributed by atoms with E-state index in [2.05, 4.69) is 13.8 Å². The highest BCUT2D eigenvalue weighted by molar-refractivity contribution is 5.85. The Morgan fingerprint density at radius 2 is 1.56 bits per heavy atom. The number of hydrogen-bond acceptors (Lipinski definition) is 2. The second-order valence-electron chi connectivity index (χ2n) is 5.06. The lowest BCUT2D eigenvalue weighted by Crippen LogP contribution is -2.30. The predicted octanol–water partition coefficient (Wildman–Crippen LogP) is 3.71. The zero-order chi connectivity index (χ0) is 12.4. The average molecular weight is 228 g/mol. The fourth-order valence-electron chi connectivity index (χ4n) is 2.10. The van der Waals surface area contributed by atoms with E-state index < -0.39 is 0 Å². The molecule has 0 radical (unpaired) electrons. The Bertz CT molecular complexity index is 189. The fraction of sp³-hybridized carbons (Fsp3) is 0.929. The first-order valence-electron chi connectivity index (χ1n) is 6.75. The summed E-state index contributed by atoms with van der Waals surface area (Å²) in [5.41, 5.74) is -0.279. The lowest BCUT2D eigenvalue weighted by Gasteiger charge is -2.27. The number of carbonyl (C=O) groups is 1. The SMILES string of the molecule is CCCCCCC(C)(CCCC)C(=O)CO. The minimum atomic E-state index is -0.298. The molecule has 2 nitrogen and oxygen atoms in total. The molecule has 0 aliphatic carbocycles. The third-order valence-electron chi connectivity index (χ3n) is 3.48. The Labute approximate surface area is 100 Å². The molecule has 0 bridgehead atoms. The van der Waals surface area contributed by atoms with Crippen molar-refractivity contribution in [2.24, 2.45) is 5.41 Å². The molecule has 0 aromatic heterocycles. The first kappa shape index (κ1) is 15.6. The van der Waals surface area contributed by atoms with E-state index in [1.165, 1.54) is 19.3 Å². The van der Waals surface area contributed by atoms with Crippen molar-refractivity contribution in [3.05, 3.63) is 0 Å². The van der Waals surface area contributed by atoms with E-state index in [9.17, 15) is 4.79 Å². The average Bonchev–Trinajstić information content (AvgIpc) is 2.31. The van der Waals surface area contributed by atoms with E-state index in [0.29, 0.717) is 0 Å². The normalized spacial score (nSPS) is 14.8. The highest BCUT2D eigenvalue weighted by Crippen LogP contribution is 2.31. The van der Waals surface area contributed by atoms with Crippen molar-refractivity contribution in [2.45, 2.75) is 72.1 Å². The highest BCUT2D eigenvalue weighted by atomic mass is 16.3. The molecule has 0 aromatic carbocycles. The van der Waals surface area contributed by atoms with Crippen molar-refractivity contribution in [3.63, 3.8) is 0 Å². The standard InChI is InChI=1S/C14H28O2/c1-4-6-8-9-11-14(3,10-7-5-2)13(16)12-15/h15H,4-12H2,1-3H3. The largest absolute Gasteiger partial charge is 0.389 e. The predicted molar refractivity (Wildman–Crippen MR) is 68.5 cm³/mol. The van der Waals surface area contributed by atoms with Gasteiger partial charge in [0, 0.05) is 5.41 Å². The molecule has 0 aromatic rings. The number of rotatable bonds is 10. The number of aliphatic hydroxyl groups is 1. The van der Waals surface area contributed by atoms with Crippen LogP contribution in [0.1, 0.15) is 72.1 Å². The first-order valence-corrected chi connectivity index (χ1v) is 6.75. The molecule has 0 rings (SSSR count). The molecule has 0 fully saturated rings. The van der Waals surface area contributed by atoms with Gasteiger partial charge in [0.2, 0.25) is 0 Å². The van der Waals surface area contributed by atoms with Gasteiger partial charge in [-0.05, 0) is 12.8 Å². The maximum absolute atomic E-state index is 11.8. The summed E-state index contributed by atoms with van der Waals surface area (Å²) < 4.78 is 0. The van der Waals surface area contributed by atoms with Crippen LogP contribution in [0.2, 0.25) is 0 Å². The molecule has 0 spiro atoms. The molecule has 0 aliphatic heterocycles. The quantitative estimate of drug-likeness (QED) is 0.579. The zero-order valence-electron chi connectivity index (χ0n) is 11.2. The highest BCUT2D eigenvalue weighted by Gasteiger charge is 2.30. The molecule has 0 saturated heterocycles. The van der Waals surface area contributed by atoms with Gasteiger partial charge in [0.05, 0.1) is 0 Å². The Morgan fingerprint density at radius 1 is 1.00 bits per heavy atom. The van der Waals surface area contributed by atoms with Gasteiger partial charge in [-0.25, -0.2) is 0 Å². The molecule has 0 heterocycles. The molecule has 2 heteroatoms. The van der Waals surface area contributed by atoms with Gasteiger partial charge >= 0.3 is 0 Å². The molecule has 1 N–H and O–H groups in total. The van der Waals surface area contributed by atoms with Crippen LogP contribution < -0.4 is 0 Å². The summed E-state index contributed by atoms with van der Waals surface area (Å²) in [6, 6.07) is 0. The van der Waals surface area contributed by atoms with Crippen LogP contribution in [0, 0.1) is 5.41 Å². The lowest BCUT2D eigenvalue weighted by molar-refractivity contribution is -0.131. The van der Waals surface area contributed by atoms with Gasteiger partial charge in [0.25, 0.3) is 0 Å². The number of aliphatic hydroxyl groups excluding tert-OH is 1. The molecule has 96 valence electrons. The molecule has 0 amide bonds. The van der Waals surface area contributed by atoms with Gasteiger partial charge in [0.15, 0.2) is 5.78 Å². The summed E-state index contributed by atoms with van der Waals surface area (Å²) in [4.78, 5) is 11.8. The van der Waals surface area contributed by atoms with Crippen LogP contribution in [0.5, 0.6) is 0 Å². The van der Waals surface area contributed by atoms with Crippen LogP contribution >= 0.6 is 0 Å². The van der Waals surface area contributed by atoms with E-state index in [1.54, 1.807) is 0 Å².